The van der Waals surface area contributed by atoms with Crippen LogP contribution in [0.3, 0.4) is 0 Å². The van der Waals surface area contributed by atoms with Crippen LogP contribution in [0, 0.1) is 12.7 Å². The van der Waals surface area contributed by atoms with Gasteiger partial charge >= 0.3 is 0 Å². The summed E-state index contributed by atoms with van der Waals surface area (Å²) in [6, 6.07) is 8.57. The first kappa shape index (κ1) is 21.0. The molecule has 0 amide bonds. The number of nitrogens with one attached hydrogen (secondary N) is 1. The third-order valence-corrected chi connectivity index (χ3v) is 5.36. The van der Waals surface area contributed by atoms with Crippen molar-refractivity contribution in [3.8, 4) is 22.8 Å². The summed E-state index contributed by atoms with van der Waals surface area (Å²) in [6.07, 6.45) is 2.38. The number of ether oxygens (including phenoxy) is 2. The zero-order valence-corrected chi connectivity index (χ0v) is 18.4. The van der Waals surface area contributed by atoms with Crippen LogP contribution < -0.4 is 14.8 Å². The fourth-order valence-electron chi connectivity index (χ4n) is 3.18. The van der Waals surface area contributed by atoms with Gasteiger partial charge in [-0.15, -0.1) is 11.3 Å². The van der Waals surface area contributed by atoms with Gasteiger partial charge in [0.25, 0.3) is 0 Å². The van der Waals surface area contributed by atoms with Gasteiger partial charge in [0.1, 0.15) is 18.0 Å². The summed E-state index contributed by atoms with van der Waals surface area (Å²) in [4.78, 5) is 13.2. The van der Waals surface area contributed by atoms with Gasteiger partial charge in [0.2, 0.25) is 0 Å². The van der Waals surface area contributed by atoms with E-state index in [4.69, 9.17) is 9.47 Å². The first-order chi connectivity index (χ1) is 15.1. The fourth-order valence-corrected chi connectivity index (χ4v) is 3.79. The lowest BCUT2D eigenvalue weighted by molar-refractivity contribution is 0.277. The summed E-state index contributed by atoms with van der Waals surface area (Å²) in [7, 11) is 0. The largest absolute Gasteiger partial charge is 0.490 e. The third-order valence-electron chi connectivity index (χ3n) is 4.59. The molecule has 0 bridgehead atoms. The number of benzene rings is 2. The topological polar surface area (TPSA) is 69.2 Å². The van der Waals surface area contributed by atoms with Crippen molar-refractivity contribution in [3.63, 3.8) is 0 Å². The van der Waals surface area contributed by atoms with Gasteiger partial charge in [-0.05, 0) is 44.5 Å². The van der Waals surface area contributed by atoms with Gasteiger partial charge in [0.15, 0.2) is 11.5 Å². The molecule has 8 heteroatoms. The maximum absolute atomic E-state index is 14.4. The van der Waals surface area contributed by atoms with Gasteiger partial charge < -0.3 is 14.8 Å². The molecular weight excluding hydrogens is 415 g/mol. The first-order valence-electron chi connectivity index (χ1n) is 10.1. The second-order valence-corrected chi connectivity index (χ2v) is 7.95. The van der Waals surface area contributed by atoms with Gasteiger partial charge in [-0.25, -0.2) is 19.3 Å². The Bertz CT molecular complexity index is 1210. The Hall–Kier alpha value is -3.26. The molecule has 0 aliphatic heterocycles. The van der Waals surface area contributed by atoms with Crippen molar-refractivity contribution in [2.45, 2.75) is 27.2 Å². The quantitative estimate of drug-likeness (QED) is 0.357. The molecule has 0 aliphatic carbocycles. The van der Waals surface area contributed by atoms with Crippen molar-refractivity contribution in [1.29, 1.82) is 0 Å². The Labute approximate surface area is 184 Å². The molecule has 0 unspecified atom stereocenters. The van der Waals surface area contributed by atoms with E-state index >= 15 is 0 Å². The van der Waals surface area contributed by atoms with Crippen molar-refractivity contribution < 1.29 is 13.9 Å². The Balaban J connectivity index is 1.72. The van der Waals surface area contributed by atoms with Crippen molar-refractivity contribution in [3.05, 3.63) is 52.9 Å². The smallest absolute Gasteiger partial charge is 0.163 e. The molecule has 0 spiro atoms. The monoisotopic (exact) mass is 438 g/mol. The van der Waals surface area contributed by atoms with Crippen LogP contribution in [0.5, 0.6) is 11.5 Å². The second-order valence-electron chi connectivity index (χ2n) is 6.89. The summed E-state index contributed by atoms with van der Waals surface area (Å²) >= 11 is 1.49. The Kier molecular flexibility index (Phi) is 6.27. The predicted octanol–water partition coefficient (Wildman–Crippen LogP) is 6.13. The highest BCUT2D eigenvalue weighted by atomic mass is 32.1. The van der Waals surface area contributed by atoms with E-state index in [-0.39, 0.29) is 5.82 Å². The first-order valence-corrected chi connectivity index (χ1v) is 11.0. The molecule has 4 rings (SSSR count). The molecule has 6 nitrogen and oxygen atoms in total. The average molecular weight is 439 g/mol. The number of aromatic nitrogens is 3. The van der Waals surface area contributed by atoms with Crippen LogP contribution in [0.2, 0.25) is 0 Å². The van der Waals surface area contributed by atoms with E-state index in [1.807, 2.05) is 31.4 Å². The van der Waals surface area contributed by atoms with Crippen LogP contribution in [-0.2, 0) is 0 Å². The van der Waals surface area contributed by atoms with E-state index in [1.165, 1.54) is 23.7 Å². The zero-order valence-electron chi connectivity index (χ0n) is 17.6. The Morgan fingerprint density at radius 2 is 1.90 bits per heavy atom. The van der Waals surface area contributed by atoms with Crippen molar-refractivity contribution in [2.24, 2.45) is 0 Å². The molecule has 160 valence electrons. The maximum atomic E-state index is 14.4. The van der Waals surface area contributed by atoms with Crippen LogP contribution in [-0.4, -0.2) is 28.2 Å². The summed E-state index contributed by atoms with van der Waals surface area (Å²) in [5, 5.41) is 6.81. The highest BCUT2D eigenvalue weighted by Gasteiger charge is 2.14. The molecule has 0 atom stereocenters. The lowest BCUT2D eigenvalue weighted by Crippen LogP contribution is -2.02. The van der Waals surface area contributed by atoms with Crippen molar-refractivity contribution >= 4 is 33.7 Å². The summed E-state index contributed by atoms with van der Waals surface area (Å²) in [6.45, 7) is 6.98. The number of fused-ring (bicyclic) bond motifs is 1. The lowest BCUT2D eigenvalue weighted by atomic mass is 10.1. The highest BCUT2D eigenvalue weighted by molar-refractivity contribution is 7.09. The van der Waals surface area contributed by atoms with E-state index < -0.39 is 0 Å². The van der Waals surface area contributed by atoms with Gasteiger partial charge in [-0.2, -0.15) is 0 Å². The average Bonchev–Trinajstić information content (AvgIpc) is 3.20. The molecule has 0 saturated heterocycles. The number of hydrogen-bond donors (Lipinski definition) is 1. The molecule has 0 aliphatic rings. The number of rotatable bonds is 8. The minimum atomic E-state index is -0.320. The summed E-state index contributed by atoms with van der Waals surface area (Å²) in [5.41, 5.74) is 2.49. The summed E-state index contributed by atoms with van der Waals surface area (Å²) < 4.78 is 26.0. The number of halogens is 1. The number of thiazole rings is 1. The van der Waals surface area contributed by atoms with Crippen LogP contribution >= 0.6 is 11.3 Å². The lowest BCUT2D eigenvalue weighted by Gasteiger charge is -2.14. The molecule has 2 heterocycles. The zero-order chi connectivity index (χ0) is 21.8. The predicted molar refractivity (Wildman–Crippen MR) is 122 cm³/mol. The molecule has 0 radical (unpaired) electrons. The third kappa shape index (κ3) is 4.59. The second kappa shape index (κ2) is 9.26. The number of aryl methyl sites for hydroxylation is 1. The fraction of sp³-hybridized carbons (Fsp3) is 0.261. The van der Waals surface area contributed by atoms with E-state index in [0.717, 1.165) is 22.3 Å². The molecule has 0 saturated carbocycles. The number of anilines is 2. The van der Waals surface area contributed by atoms with Crippen LogP contribution in [0.25, 0.3) is 22.2 Å². The Morgan fingerprint density at radius 1 is 1.06 bits per heavy atom. The standard InChI is InChI=1S/C23H23FN4O2S/c1-4-8-30-22-11-19-17(10-21(22)29-5-2)23(26-13-25-19)28-15-6-7-18(24)16(9-15)20-12-31-14(3)27-20/h6-7,9-13H,4-5,8H2,1-3H3,(H,25,26,28). The molecular formula is C23H23FN4O2S. The normalized spacial score (nSPS) is 11.0. The van der Waals surface area contributed by atoms with E-state index in [2.05, 4.69) is 27.2 Å². The van der Waals surface area contributed by atoms with Crippen LogP contribution in [0.4, 0.5) is 15.9 Å². The molecule has 2 aromatic carbocycles. The Morgan fingerprint density at radius 3 is 2.65 bits per heavy atom. The molecule has 0 fully saturated rings. The molecule has 2 aromatic heterocycles. The molecule has 4 aromatic rings. The van der Waals surface area contributed by atoms with Crippen LogP contribution in [0.15, 0.2) is 42.0 Å². The van der Waals surface area contributed by atoms with Gasteiger partial charge in [-0.3, -0.25) is 0 Å². The van der Waals surface area contributed by atoms with E-state index in [1.54, 1.807) is 12.1 Å². The number of nitrogens with zero attached hydrogens (tertiary/aromatic N) is 3. The SMILES string of the molecule is CCCOc1cc2ncnc(Nc3ccc(F)c(-c4csc(C)n4)c3)c2cc1OCC. The highest BCUT2D eigenvalue weighted by Crippen LogP contribution is 2.36. The number of hydrogen-bond acceptors (Lipinski definition) is 7. The molecule has 1 N–H and O–H groups in total. The van der Waals surface area contributed by atoms with Gasteiger partial charge in [0.05, 0.1) is 29.4 Å². The van der Waals surface area contributed by atoms with Crippen molar-refractivity contribution in [1.82, 2.24) is 15.0 Å². The minimum absolute atomic E-state index is 0.320. The van der Waals surface area contributed by atoms with E-state index in [9.17, 15) is 4.39 Å². The van der Waals surface area contributed by atoms with Gasteiger partial charge in [0, 0.05) is 28.1 Å². The summed E-state index contributed by atoms with van der Waals surface area (Å²) in [5.74, 6) is 1.57. The van der Waals surface area contributed by atoms with Crippen LogP contribution in [0.1, 0.15) is 25.3 Å². The molecule has 31 heavy (non-hydrogen) atoms. The van der Waals surface area contributed by atoms with Gasteiger partial charge in [-0.1, -0.05) is 6.92 Å². The van der Waals surface area contributed by atoms with Crippen molar-refractivity contribution in [2.75, 3.05) is 18.5 Å². The van der Waals surface area contributed by atoms with E-state index in [0.29, 0.717) is 47.5 Å². The minimum Gasteiger partial charge on any atom is -0.490 e. The maximum Gasteiger partial charge on any atom is 0.163 e.